The number of furan rings is 1. The van der Waals surface area contributed by atoms with Crippen LogP contribution in [0.15, 0.2) is 45.4 Å². The summed E-state index contributed by atoms with van der Waals surface area (Å²) in [5.41, 5.74) is 1.89. The molecule has 0 saturated carbocycles. The number of hydrogen-bond acceptors (Lipinski definition) is 4. The third-order valence-electron chi connectivity index (χ3n) is 4.13. The molecule has 1 N–H and O–H groups in total. The Morgan fingerprint density at radius 3 is 2.86 bits per heavy atom. The van der Waals surface area contributed by atoms with Crippen molar-refractivity contribution in [2.45, 2.75) is 33.4 Å². The zero-order valence-corrected chi connectivity index (χ0v) is 18.0. The summed E-state index contributed by atoms with van der Waals surface area (Å²) in [6, 6.07) is 8.83. The largest absolute Gasteiger partial charge is 0.486 e. The van der Waals surface area contributed by atoms with Gasteiger partial charge in [-0.2, -0.15) is 5.10 Å². The van der Waals surface area contributed by atoms with Gasteiger partial charge in [-0.25, -0.2) is 0 Å². The summed E-state index contributed by atoms with van der Waals surface area (Å²) in [6.45, 7) is 5.35. The van der Waals surface area contributed by atoms with Crippen LogP contribution >= 0.6 is 27.5 Å². The van der Waals surface area contributed by atoms with Gasteiger partial charge in [-0.1, -0.05) is 11.6 Å². The topological polar surface area (TPSA) is 69.3 Å². The Balaban J connectivity index is 1.43. The smallest absolute Gasteiger partial charge is 0.286 e. The van der Waals surface area contributed by atoms with E-state index in [4.69, 9.17) is 20.8 Å². The van der Waals surface area contributed by atoms with E-state index in [1.165, 1.54) is 0 Å². The summed E-state index contributed by atoms with van der Waals surface area (Å²) in [7, 11) is 0. The Labute approximate surface area is 176 Å². The van der Waals surface area contributed by atoms with Gasteiger partial charge in [0.1, 0.15) is 18.1 Å². The van der Waals surface area contributed by atoms with Gasteiger partial charge in [0.2, 0.25) is 0 Å². The summed E-state index contributed by atoms with van der Waals surface area (Å²) in [5, 5.41) is 7.91. The molecule has 0 bridgehead atoms. The average Bonchev–Trinajstić information content (AvgIpc) is 3.26. The average molecular weight is 467 g/mol. The highest BCUT2D eigenvalue weighted by Gasteiger charge is 2.11. The summed E-state index contributed by atoms with van der Waals surface area (Å²) >= 11 is 9.44. The minimum absolute atomic E-state index is 0.238. The SMILES string of the molecule is Cc1cc(OCc2ccc(C(=O)NCCCn3cc(Br)c(C)n3)o2)ccc1Cl. The second-order valence-corrected chi connectivity index (χ2v) is 7.66. The molecule has 148 valence electrons. The number of aryl methyl sites for hydroxylation is 3. The molecule has 0 atom stereocenters. The molecule has 0 aliphatic carbocycles. The summed E-state index contributed by atoms with van der Waals surface area (Å²) in [5.74, 6) is 1.30. The molecule has 2 aromatic heterocycles. The first-order valence-electron chi connectivity index (χ1n) is 8.88. The maximum absolute atomic E-state index is 12.2. The fourth-order valence-electron chi connectivity index (χ4n) is 2.58. The molecular weight excluding hydrogens is 446 g/mol. The highest BCUT2D eigenvalue weighted by molar-refractivity contribution is 9.10. The normalized spacial score (nSPS) is 10.9. The van der Waals surface area contributed by atoms with Crippen LogP contribution in [-0.4, -0.2) is 22.2 Å². The van der Waals surface area contributed by atoms with E-state index in [1.807, 2.05) is 30.8 Å². The fraction of sp³-hybridized carbons (Fsp3) is 0.300. The van der Waals surface area contributed by atoms with Crippen molar-refractivity contribution in [1.29, 1.82) is 0 Å². The van der Waals surface area contributed by atoms with E-state index in [9.17, 15) is 4.79 Å². The van der Waals surface area contributed by atoms with Gasteiger partial charge in [0.05, 0.1) is 10.2 Å². The first kappa shape index (κ1) is 20.5. The number of carbonyl (C=O) groups is 1. The van der Waals surface area contributed by atoms with Gasteiger partial charge in [-0.05, 0) is 72.1 Å². The van der Waals surface area contributed by atoms with Gasteiger partial charge < -0.3 is 14.5 Å². The third-order valence-corrected chi connectivity index (χ3v) is 5.33. The van der Waals surface area contributed by atoms with Crippen LogP contribution in [0.3, 0.4) is 0 Å². The van der Waals surface area contributed by atoms with Crippen LogP contribution in [0.1, 0.15) is 34.0 Å². The van der Waals surface area contributed by atoms with E-state index in [2.05, 4.69) is 26.3 Å². The molecule has 2 heterocycles. The molecule has 28 heavy (non-hydrogen) atoms. The highest BCUT2D eigenvalue weighted by atomic mass is 79.9. The zero-order chi connectivity index (χ0) is 20.1. The minimum Gasteiger partial charge on any atom is -0.486 e. The number of nitrogens with zero attached hydrogens (tertiary/aromatic N) is 2. The van der Waals surface area contributed by atoms with E-state index >= 15 is 0 Å². The van der Waals surface area contributed by atoms with Crippen molar-refractivity contribution in [3.8, 4) is 5.75 Å². The van der Waals surface area contributed by atoms with E-state index in [0.29, 0.717) is 23.1 Å². The van der Waals surface area contributed by atoms with Crippen molar-refractivity contribution >= 4 is 33.4 Å². The Bertz CT molecular complexity index is 948. The maximum atomic E-state index is 12.2. The number of rotatable bonds is 8. The maximum Gasteiger partial charge on any atom is 0.286 e. The second-order valence-electron chi connectivity index (χ2n) is 6.40. The Kier molecular flexibility index (Phi) is 6.80. The van der Waals surface area contributed by atoms with Crippen molar-refractivity contribution in [3.05, 3.63) is 68.8 Å². The molecule has 0 spiro atoms. The van der Waals surface area contributed by atoms with E-state index < -0.39 is 0 Å². The van der Waals surface area contributed by atoms with Crippen molar-refractivity contribution in [1.82, 2.24) is 15.1 Å². The Morgan fingerprint density at radius 2 is 2.14 bits per heavy atom. The summed E-state index contributed by atoms with van der Waals surface area (Å²) < 4.78 is 14.1. The van der Waals surface area contributed by atoms with Gasteiger partial charge in [0.25, 0.3) is 5.91 Å². The highest BCUT2D eigenvalue weighted by Crippen LogP contribution is 2.22. The predicted molar refractivity (Wildman–Crippen MR) is 111 cm³/mol. The molecule has 0 aliphatic heterocycles. The summed E-state index contributed by atoms with van der Waals surface area (Å²) in [4.78, 5) is 12.2. The first-order valence-corrected chi connectivity index (χ1v) is 10.0. The first-order chi connectivity index (χ1) is 13.4. The quantitative estimate of drug-likeness (QED) is 0.479. The number of benzene rings is 1. The van der Waals surface area contributed by atoms with E-state index in [-0.39, 0.29) is 18.3 Å². The standard InChI is InChI=1S/C20H21BrClN3O3/c1-13-10-15(4-6-18(13)22)27-12-16-5-7-19(28-16)20(26)23-8-3-9-25-11-17(21)14(2)24-25/h4-7,10-11H,3,8-9,12H2,1-2H3,(H,23,26). The molecule has 0 radical (unpaired) electrons. The zero-order valence-electron chi connectivity index (χ0n) is 15.7. The van der Waals surface area contributed by atoms with Crippen molar-refractivity contribution in [2.75, 3.05) is 6.54 Å². The third kappa shape index (κ3) is 5.39. The van der Waals surface area contributed by atoms with Gasteiger partial charge in [0, 0.05) is 24.3 Å². The molecule has 8 heteroatoms. The molecular formula is C20H21BrClN3O3. The molecule has 6 nitrogen and oxygen atoms in total. The molecule has 0 unspecified atom stereocenters. The Morgan fingerprint density at radius 1 is 1.32 bits per heavy atom. The predicted octanol–water partition coefficient (Wildman–Crippen LogP) is 4.91. The Hall–Kier alpha value is -2.25. The van der Waals surface area contributed by atoms with Gasteiger partial charge in [0.15, 0.2) is 5.76 Å². The van der Waals surface area contributed by atoms with Crippen LogP contribution in [0.5, 0.6) is 5.75 Å². The van der Waals surface area contributed by atoms with Gasteiger partial charge >= 0.3 is 0 Å². The molecule has 0 fully saturated rings. The lowest BCUT2D eigenvalue weighted by molar-refractivity contribution is 0.0921. The molecule has 1 amide bonds. The number of ether oxygens (including phenoxy) is 1. The molecule has 3 rings (SSSR count). The number of halogens is 2. The van der Waals surface area contributed by atoms with Gasteiger partial charge in [-0.15, -0.1) is 0 Å². The summed E-state index contributed by atoms with van der Waals surface area (Å²) in [6.07, 6.45) is 2.70. The van der Waals surface area contributed by atoms with Gasteiger partial charge in [-0.3, -0.25) is 9.48 Å². The van der Waals surface area contributed by atoms with Crippen LogP contribution in [0, 0.1) is 13.8 Å². The second kappa shape index (κ2) is 9.30. The van der Waals surface area contributed by atoms with Crippen molar-refractivity contribution in [3.63, 3.8) is 0 Å². The number of aromatic nitrogens is 2. The van der Waals surface area contributed by atoms with Crippen LogP contribution in [0.2, 0.25) is 5.02 Å². The molecule has 1 aromatic carbocycles. The number of hydrogen-bond donors (Lipinski definition) is 1. The van der Waals surface area contributed by atoms with Crippen LogP contribution in [-0.2, 0) is 13.2 Å². The fourth-order valence-corrected chi connectivity index (χ4v) is 3.01. The lowest BCUT2D eigenvalue weighted by atomic mass is 10.2. The van der Waals surface area contributed by atoms with Crippen molar-refractivity contribution in [2.24, 2.45) is 0 Å². The number of nitrogens with one attached hydrogen (secondary N) is 1. The number of amides is 1. The van der Waals surface area contributed by atoms with E-state index in [0.717, 1.165) is 28.7 Å². The van der Waals surface area contributed by atoms with Crippen LogP contribution in [0.4, 0.5) is 0 Å². The number of carbonyl (C=O) groups excluding carboxylic acids is 1. The lowest BCUT2D eigenvalue weighted by Gasteiger charge is -2.06. The van der Waals surface area contributed by atoms with Crippen LogP contribution in [0.25, 0.3) is 0 Å². The monoisotopic (exact) mass is 465 g/mol. The molecule has 0 saturated heterocycles. The molecule has 0 aliphatic rings. The minimum atomic E-state index is -0.244. The van der Waals surface area contributed by atoms with Crippen molar-refractivity contribution < 1.29 is 13.9 Å². The van der Waals surface area contributed by atoms with E-state index in [1.54, 1.807) is 24.3 Å². The molecule has 3 aromatic rings. The van der Waals surface area contributed by atoms with Crippen LogP contribution < -0.4 is 10.1 Å². The lowest BCUT2D eigenvalue weighted by Crippen LogP contribution is -2.24.